The van der Waals surface area contributed by atoms with Crippen molar-refractivity contribution in [1.82, 2.24) is 4.90 Å². The normalized spacial score (nSPS) is 13.7. The molecule has 1 unspecified atom stereocenters. The number of carbonyl (C=O) groups is 1. The summed E-state index contributed by atoms with van der Waals surface area (Å²) in [5.74, 6) is -0.328. The number of anilines is 1. The zero-order valence-corrected chi connectivity index (χ0v) is 11.7. The van der Waals surface area contributed by atoms with E-state index in [1.165, 1.54) is 24.3 Å². The minimum absolute atomic E-state index is 0.219. The highest BCUT2D eigenvalue weighted by Gasteiger charge is 2.31. The van der Waals surface area contributed by atoms with Gasteiger partial charge in [-0.3, -0.25) is 0 Å². The van der Waals surface area contributed by atoms with E-state index in [0.29, 0.717) is 18.8 Å². The van der Waals surface area contributed by atoms with Crippen LogP contribution < -0.4 is 11.1 Å². The van der Waals surface area contributed by atoms with E-state index in [0.717, 1.165) is 6.42 Å². The van der Waals surface area contributed by atoms with E-state index in [1.807, 2.05) is 20.8 Å². The van der Waals surface area contributed by atoms with Crippen molar-refractivity contribution in [2.24, 2.45) is 5.73 Å². The van der Waals surface area contributed by atoms with Gasteiger partial charge in [0, 0.05) is 18.8 Å². The first-order valence-electron chi connectivity index (χ1n) is 6.51. The third kappa shape index (κ3) is 3.67. The van der Waals surface area contributed by atoms with E-state index in [1.54, 1.807) is 4.90 Å². The van der Waals surface area contributed by atoms with Gasteiger partial charge >= 0.3 is 6.03 Å². The third-order valence-corrected chi connectivity index (χ3v) is 3.51. The predicted molar refractivity (Wildman–Crippen MR) is 75.5 cm³/mol. The second-order valence-electron chi connectivity index (χ2n) is 4.74. The van der Waals surface area contributed by atoms with Gasteiger partial charge in [0.2, 0.25) is 0 Å². The molecule has 0 aromatic heterocycles. The molecule has 5 heteroatoms. The molecular weight excluding hydrogens is 245 g/mol. The average Bonchev–Trinajstić information content (AvgIpc) is 2.41. The molecule has 0 aliphatic carbocycles. The summed E-state index contributed by atoms with van der Waals surface area (Å²) in [6.07, 6.45) is 0.772. The minimum Gasteiger partial charge on any atom is -0.328 e. The highest BCUT2D eigenvalue weighted by Crippen LogP contribution is 2.19. The van der Waals surface area contributed by atoms with Crippen molar-refractivity contribution in [3.8, 4) is 0 Å². The van der Waals surface area contributed by atoms with Crippen molar-refractivity contribution in [3.63, 3.8) is 0 Å². The fraction of sp³-hybridized carbons (Fsp3) is 0.500. The number of nitrogens with zero attached hydrogens (tertiary/aromatic N) is 1. The summed E-state index contributed by atoms with van der Waals surface area (Å²) in [7, 11) is 0. The number of carbonyl (C=O) groups excluding carboxylic acids is 1. The van der Waals surface area contributed by atoms with Crippen LogP contribution in [-0.4, -0.2) is 29.6 Å². The Kier molecular flexibility index (Phi) is 5.30. The highest BCUT2D eigenvalue weighted by molar-refractivity contribution is 5.89. The lowest BCUT2D eigenvalue weighted by molar-refractivity contribution is 0.140. The molecule has 0 aliphatic rings. The standard InChI is InChI=1S/C14H22FN3O/c1-4-14(3,10-16)18(5-2)13(19)17-12-8-6-11(15)7-9-12/h6-9H,4-5,10,16H2,1-3H3,(H,17,19). The molecule has 0 spiro atoms. The van der Waals surface area contributed by atoms with Crippen molar-refractivity contribution < 1.29 is 9.18 Å². The summed E-state index contributed by atoms with van der Waals surface area (Å²) in [5, 5.41) is 2.76. The Bertz CT molecular complexity index is 415. The number of hydrogen-bond acceptors (Lipinski definition) is 2. The number of urea groups is 1. The molecule has 0 bridgehead atoms. The van der Waals surface area contributed by atoms with Crippen LogP contribution in [-0.2, 0) is 0 Å². The number of amides is 2. The van der Waals surface area contributed by atoms with Gasteiger partial charge in [-0.1, -0.05) is 6.92 Å². The Morgan fingerprint density at radius 1 is 1.37 bits per heavy atom. The van der Waals surface area contributed by atoms with Crippen molar-refractivity contribution >= 4 is 11.7 Å². The van der Waals surface area contributed by atoms with E-state index in [9.17, 15) is 9.18 Å². The van der Waals surface area contributed by atoms with E-state index in [-0.39, 0.29) is 17.4 Å². The molecule has 1 aromatic rings. The van der Waals surface area contributed by atoms with Crippen LogP contribution in [0.15, 0.2) is 24.3 Å². The molecule has 0 saturated carbocycles. The average molecular weight is 267 g/mol. The molecule has 0 aliphatic heterocycles. The third-order valence-electron chi connectivity index (χ3n) is 3.51. The number of rotatable bonds is 5. The molecule has 1 atom stereocenters. The molecule has 4 nitrogen and oxygen atoms in total. The SMILES string of the molecule is CCN(C(=O)Nc1ccc(F)cc1)C(C)(CC)CN. The fourth-order valence-electron chi connectivity index (χ4n) is 1.94. The molecule has 0 radical (unpaired) electrons. The topological polar surface area (TPSA) is 58.4 Å². The molecule has 0 fully saturated rings. The van der Waals surface area contributed by atoms with E-state index in [4.69, 9.17) is 5.73 Å². The van der Waals surface area contributed by atoms with Gasteiger partial charge in [-0.05, 0) is 44.5 Å². The van der Waals surface area contributed by atoms with Crippen LogP contribution in [0.5, 0.6) is 0 Å². The maximum Gasteiger partial charge on any atom is 0.322 e. The maximum absolute atomic E-state index is 12.8. The Morgan fingerprint density at radius 2 is 1.95 bits per heavy atom. The van der Waals surface area contributed by atoms with Gasteiger partial charge in [-0.15, -0.1) is 0 Å². The largest absolute Gasteiger partial charge is 0.328 e. The van der Waals surface area contributed by atoms with Gasteiger partial charge in [-0.2, -0.15) is 0 Å². The second kappa shape index (κ2) is 6.52. The van der Waals surface area contributed by atoms with E-state index in [2.05, 4.69) is 5.32 Å². The Hall–Kier alpha value is -1.62. The quantitative estimate of drug-likeness (QED) is 0.861. The molecular formula is C14H22FN3O. The number of nitrogens with two attached hydrogens (primary N) is 1. The lowest BCUT2D eigenvalue weighted by atomic mass is 9.97. The van der Waals surface area contributed by atoms with Gasteiger partial charge in [-0.25, -0.2) is 9.18 Å². The zero-order chi connectivity index (χ0) is 14.5. The molecule has 2 amide bonds. The maximum atomic E-state index is 12.8. The predicted octanol–water partition coefficient (Wildman–Crippen LogP) is 2.81. The molecule has 3 N–H and O–H groups in total. The van der Waals surface area contributed by atoms with Crippen LogP contribution in [0.1, 0.15) is 27.2 Å². The summed E-state index contributed by atoms with van der Waals surface area (Å²) >= 11 is 0. The molecule has 1 aromatic carbocycles. The number of hydrogen-bond donors (Lipinski definition) is 2. The van der Waals surface area contributed by atoms with Crippen LogP contribution in [0.25, 0.3) is 0 Å². The molecule has 0 heterocycles. The lowest BCUT2D eigenvalue weighted by Gasteiger charge is -2.39. The Balaban J connectivity index is 2.82. The number of halogens is 1. The summed E-state index contributed by atoms with van der Waals surface area (Å²) < 4.78 is 12.8. The lowest BCUT2D eigenvalue weighted by Crippen LogP contribution is -2.55. The van der Waals surface area contributed by atoms with Gasteiger partial charge in [0.1, 0.15) is 5.82 Å². The van der Waals surface area contributed by atoms with Gasteiger partial charge < -0.3 is 16.0 Å². The van der Waals surface area contributed by atoms with Crippen LogP contribution in [0.2, 0.25) is 0 Å². The van der Waals surface area contributed by atoms with Crippen LogP contribution in [0.4, 0.5) is 14.9 Å². The van der Waals surface area contributed by atoms with Gasteiger partial charge in [0.15, 0.2) is 0 Å². The Morgan fingerprint density at radius 3 is 2.37 bits per heavy atom. The van der Waals surface area contributed by atoms with Crippen molar-refractivity contribution in [1.29, 1.82) is 0 Å². The van der Waals surface area contributed by atoms with Crippen LogP contribution in [0.3, 0.4) is 0 Å². The monoisotopic (exact) mass is 267 g/mol. The van der Waals surface area contributed by atoms with Crippen molar-refractivity contribution in [2.75, 3.05) is 18.4 Å². The zero-order valence-electron chi connectivity index (χ0n) is 11.7. The Labute approximate surface area is 113 Å². The summed E-state index contributed by atoms with van der Waals surface area (Å²) in [5.41, 5.74) is 5.97. The smallest absolute Gasteiger partial charge is 0.322 e. The number of likely N-dealkylation sites (N-methyl/N-ethyl adjacent to an activating group) is 1. The number of nitrogens with one attached hydrogen (secondary N) is 1. The van der Waals surface area contributed by atoms with Crippen LogP contribution in [0, 0.1) is 5.82 Å². The first-order chi connectivity index (χ1) is 8.96. The molecule has 1 rings (SSSR count). The first kappa shape index (κ1) is 15.4. The molecule has 0 saturated heterocycles. The summed E-state index contributed by atoms with van der Waals surface area (Å²) in [6, 6.07) is 5.48. The highest BCUT2D eigenvalue weighted by atomic mass is 19.1. The van der Waals surface area contributed by atoms with Crippen molar-refractivity contribution in [3.05, 3.63) is 30.1 Å². The fourth-order valence-corrected chi connectivity index (χ4v) is 1.94. The van der Waals surface area contributed by atoms with Crippen molar-refractivity contribution in [2.45, 2.75) is 32.7 Å². The van der Waals surface area contributed by atoms with E-state index >= 15 is 0 Å². The van der Waals surface area contributed by atoms with Gasteiger partial charge in [0.05, 0.1) is 5.54 Å². The second-order valence-corrected chi connectivity index (χ2v) is 4.74. The van der Waals surface area contributed by atoms with Crippen LogP contribution >= 0.6 is 0 Å². The summed E-state index contributed by atoms with van der Waals surface area (Å²) in [4.78, 5) is 14.0. The molecule has 106 valence electrons. The summed E-state index contributed by atoms with van der Waals surface area (Å²) in [6.45, 7) is 6.83. The molecule has 19 heavy (non-hydrogen) atoms. The van der Waals surface area contributed by atoms with E-state index < -0.39 is 0 Å². The first-order valence-corrected chi connectivity index (χ1v) is 6.51. The van der Waals surface area contributed by atoms with Gasteiger partial charge in [0.25, 0.3) is 0 Å². The minimum atomic E-state index is -0.376. The number of benzene rings is 1.